The van der Waals surface area contributed by atoms with Crippen LogP contribution in [0.2, 0.25) is 5.02 Å². The van der Waals surface area contributed by atoms with Crippen LogP contribution < -0.4 is 24.8 Å². The zero-order chi connectivity index (χ0) is 29.5. The lowest BCUT2D eigenvalue weighted by atomic mass is 10.2. The Morgan fingerprint density at radius 3 is 2.44 bits per heavy atom. The van der Waals surface area contributed by atoms with Crippen LogP contribution in [-0.4, -0.2) is 55.2 Å². The number of anilines is 2. The minimum Gasteiger partial charge on any atom is -0.495 e. The maximum atomic E-state index is 13.3. The van der Waals surface area contributed by atoms with Crippen LogP contribution in [0, 0.1) is 5.82 Å². The van der Waals surface area contributed by atoms with Gasteiger partial charge in [-0.15, -0.1) is 0 Å². The standard InChI is InChI=1S/C28H23ClFN3O7S/c1-38-21-6-4-3-5-20(21)32-26(35)15-40-22-10-7-16(11-23(22)39-2)12-24-27(36)33(28(37)41-24)14-25(34)31-17-8-9-19(30)18(29)13-17/h3-13H,14-15H2,1-2H3,(H,31,34)(H,32,35)/b24-12-. The first-order valence-corrected chi connectivity index (χ1v) is 13.1. The number of benzene rings is 3. The molecule has 3 aromatic carbocycles. The van der Waals surface area contributed by atoms with Gasteiger partial charge in [-0.1, -0.05) is 29.8 Å². The van der Waals surface area contributed by atoms with E-state index >= 15 is 0 Å². The summed E-state index contributed by atoms with van der Waals surface area (Å²) in [6, 6.07) is 15.3. The lowest BCUT2D eigenvalue weighted by Gasteiger charge is -2.13. The molecule has 1 fully saturated rings. The van der Waals surface area contributed by atoms with E-state index in [0.717, 1.165) is 11.0 Å². The zero-order valence-corrected chi connectivity index (χ0v) is 23.3. The summed E-state index contributed by atoms with van der Waals surface area (Å²) in [6.07, 6.45) is 1.48. The van der Waals surface area contributed by atoms with E-state index in [9.17, 15) is 23.6 Å². The highest BCUT2D eigenvalue weighted by Crippen LogP contribution is 2.34. The van der Waals surface area contributed by atoms with Crippen molar-refractivity contribution in [3.8, 4) is 17.2 Å². The Morgan fingerprint density at radius 2 is 1.71 bits per heavy atom. The fourth-order valence-electron chi connectivity index (χ4n) is 3.68. The summed E-state index contributed by atoms with van der Waals surface area (Å²) in [5, 5.41) is 4.38. The van der Waals surface area contributed by atoms with Crippen LogP contribution in [0.1, 0.15) is 5.56 Å². The number of hydrogen-bond acceptors (Lipinski definition) is 8. The van der Waals surface area contributed by atoms with Gasteiger partial charge >= 0.3 is 0 Å². The summed E-state index contributed by atoms with van der Waals surface area (Å²) < 4.78 is 29.5. The topological polar surface area (TPSA) is 123 Å². The number of thioether (sulfide) groups is 1. The van der Waals surface area contributed by atoms with E-state index in [2.05, 4.69) is 10.6 Å². The van der Waals surface area contributed by atoms with Crippen LogP contribution >= 0.6 is 23.4 Å². The Morgan fingerprint density at radius 1 is 0.951 bits per heavy atom. The first-order valence-electron chi connectivity index (χ1n) is 11.9. The van der Waals surface area contributed by atoms with E-state index in [4.69, 9.17) is 25.8 Å². The summed E-state index contributed by atoms with van der Waals surface area (Å²) in [6.45, 7) is -0.844. The lowest BCUT2D eigenvalue weighted by molar-refractivity contribution is -0.127. The molecule has 0 saturated carbocycles. The second-order valence-electron chi connectivity index (χ2n) is 8.39. The summed E-state index contributed by atoms with van der Waals surface area (Å²) in [5.41, 5.74) is 1.23. The number of nitrogens with zero attached hydrogens (tertiary/aromatic N) is 1. The molecule has 1 heterocycles. The average molecular weight is 600 g/mol. The summed E-state index contributed by atoms with van der Waals surface area (Å²) in [5.74, 6) is -1.29. The second kappa shape index (κ2) is 13.2. The lowest BCUT2D eigenvalue weighted by Crippen LogP contribution is -2.36. The van der Waals surface area contributed by atoms with Crippen molar-refractivity contribution in [2.75, 3.05) is 38.0 Å². The predicted molar refractivity (Wildman–Crippen MR) is 153 cm³/mol. The van der Waals surface area contributed by atoms with Gasteiger partial charge in [-0.2, -0.15) is 0 Å². The van der Waals surface area contributed by atoms with Gasteiger partial charge in [-0.05, 0) is 65.9 Å². The number of nitrogens with one attached hydrogen (secondary N) is 2. The molecule has 212 valence electrons. The van der Waals surface area contributed by atoms with Gasteiger partial charge in [0.05, 0.1) is 29.8 Å². The van der Waals surface area contributed by atoms with E-state index in [-0.39, 0.29) is 28.0 Å². The maximum absolute atomic E-state index is 13.3. The average Bonchev–Trinajstić information content (AvgIpc) is 3.21. The number of amides is 4. The van der Waals surface area contributed by atoms with Gasteiger partial charge in [0.25, 0.3) is 17.1 Å². The number of carbonyl (C=O) groups excluding carboxylic acids is 4. The minimum atomic E-state index is -0.658. The van der Waals surface area contributed by atoms with Crippen LogP contribution in [0.5, 0.6) is 17.2 Å². The number of hydrogen-bond donors (Lipinski definition) is 2. The highest BCUT2D eigenvalue weighted by Gasteiger charge is 2.36. The molecule has 3 aromatic rings. The Bertz CT molecular complexity index is 1550. The monoisotopic (exact) mass is 599 g/mol. The van der Waals surface area contributed by atoms with Crippen molar-refractivity contribution >= 4 is 63.8 Å². The number of para-hydroxylation sites is 2. The highest BCUT2D eigenvalue weighted by atomic mass is 35.5. The fourth-order valence-corrected chi connectivity index (χ4v) is 4.70. The molecule has 0 unspecified atom stereocenters. The van der Waals surface area contributed by atoms with E-state index in [0.29, 0.717) is 34.5 Å². The van der Waals surface area contributed by atoms with Crippen molar-refractivity contribution in [2.45, 2.75) is 0 Å². The van der Waals surface area contributed by atoms with Gasteiger partial charge in [0.15, 0.2) is 18.1 Å². The molecule has 1 saturated heterocycles. The molecule has 41 heavy (non-hydrogen) atoms. The van der Waals surface area contributed by atoms with Gasteiger partial charge in [0, 0.05) is 5.69 Å². The van der Waals surface area contributed by atoms with E-state index in [1.165, 1.54) is 32.4 Å². The molecule has 2 N–H and O–H groups in total. The van der Waals surface area contributed by atoms with Crippen molar-refractivity contribution in [1.82, 2.24) is 4.90 Å². The molecule has 0 aliphatic carbocycles. The molecule has 4 amide bonds. The van der Waals surface area contributed by atoms with Crippen LogP contribution in [0.3, 0.4) is 0 Å². The van der Waals surface area contributed by atoms with E-state index in [1.807, 2.05) is 0 Å². The largest absolute Gasteiger partial charge is 0.495 e. The summed E-state index contributed by atoms with van der Waals surface area (Å²) >= 11 is 6.40. The molecule has 0 radical (unpaired) electrons. The third kappa shape index (κ3) is 7.35. The molecule has 10 nitrogen and oxygen atoms in total. The van der Waals surface area contributed by atoms with Crippen LogP contribution in [0.25, 0.3) is 6.08 Å². The van der Waals surface area contributed by atoms with Crippen molar-refractivity contribution in [1.29, 1.82) is 0 Å². The van der Waals surface area contributed by atoms with Gasteiger partial charge in [0.1, 0.15) is 18.1 Å². The van der Waals surface area contributed by atoms with Crippen molar-refractivity contribution < 1.29 is 37.8 Å². The van der Waals surface area contributed by atoms with Crippen LogP contribution in [-0.2, 0) is 14.4 Å². The number of methoxy groups -OCH3 is 2. The quantitative estimate of drug-likeness (QED) is 0.305. The number of imide groups is 1. The molecule has 0 bridgehead atoms. The molecule has 0 aromatic heterocycles. The zero-order valence-electron chi connectivity index (χ0n) is 21.7. The van der Waals surface area contributed by atoms with Crippen LogP contribution in [0.15, 0.2) is 65.6 Å². The van der Waals surface area contributed by atoms with Gasteiger partial charge in [-0.25, -0.2) is 4.39 Å². The first kappa shape index (κ1) is 29.4. The number of ether oxygens (including phenoxy) is 3. The molecular weight excluding hydrogens is 577 g/mol. The molecule has 0 atom stereocenters. The third-order valence-corrected chi connectivity index (χ3v) is 6.80. The Kier molecular flexibility index (Phi) is 9.48. The number of halogens is 2. The van der Waals surface area contributed by atoms with Crippen molar-refractivity contribution in [3.05, 3.63) is 82.0 Å². The molecule has 0 spiro atoms. The summed E-state index contributed by atoms with van der Waals surface area (Å²) in [4.78, 5) is 51.0. The second-order valence-corrected chi connectivity index (χ2v) is 9.79. The smallest absolute Gasteiger partial charge is 0.294 e. The molecule has 1 aliphatic rings. The normalized spacial score (nSPS) is 13.8. The SMILES string of the molecule is COc1ccccc1NC(=O)COc1ccc(/C=C2\SC(=O)N(CC(=O)Nc3ccc(F)c(Cl)c3)C2=O)cc1OC. The molecular formula is C28H23ClFN3O7S. The van der Waals surface area contributed by atoms with Gasteiger partial charge in [-0.3, -0.25) is 24.1 Å². The Labute approximate surface area is 243 Å². The van der Waals surface area contributed by atoms with Crippen molar-refractivity contribution in [3.63, 3.8) is 0 Å². The Balaban J connectivity index is 1.38. The van der Waals surface area contributed by atoms with Crippen LogP contribution in [0.4, 0.5) is 20.6 Å². The van der Waals surface area contributed by atoms with Gasteiger partial charge < -0.3 is 24.8 Å². The Hall–Kier alpha value is -4.55. The fraction of sp³-hybridized carbons (Fsp3) is 0.143. The molecule has 13 heteroatoms. The van der Waals surface area contributed by atoms with Crippen molar-refractivity contribution in [2.24, 2.45) is 0 Å². The predicted octanol–water partition coefficient (Wildman–Crippen LogP) is 5.19. The maximum Gasteiger partial charge on any atom is 0.294 e. The van der Waals surface area contributed by atoms with E-state index < -0.39 is 35.3 Å². The van der Waals surface area contributed by atoms with Gasteiger partial charge in [0.2, 0.25) is 5.91 Å². The highest BCUT2D eigenvalue weighted by molar-refractivity contribution is 8.18. The molecule has 1 aliphatic heterocycles. The minimum absolute atomic E-state index is 0.0968. The first-order chi connectivity index (χ1) is 19.7. The van der Waals surface area contributed by atoms with E-state index in [1.54, 1.807) is 42.5 Å². The summed E-state index contributed by atoms with van der Waals surface area (Å²) in [7, 11) is 2.92. The number of rotatable bonds is 10. The number of carbonyl (C=O) groups is 4. The molecule has 4 rings (SSSR count). The third-order valence-electron chi connectivity index (χ3n) is 5.60.